The molecule has 17 heavy (non-hydrogen) atoms. The summed E-state index contributed by atoms with van der Waals surface area (Å²) in [6, 6.07) is 0. The normalized spacial score (nSPS) is 11.1. The molecule has 0 aromatic carbocycles. The van der Waals surface area contributed by atoms with Crippen molar-refractivity contribution < 1.29 is 14.4 Å². The predicted molar refractivity (Wildman–Crippen MR) is 58.1 cm³/mol. The van der Waals surface area contributed by atoms with Crippen LogP contribution in [0.3, 0.4) is 0 Å². The summed E-state index contributed by atoms with van der Waals surface area (Å²) in [5, 5.41) is 12.4. The summed E-state index contributed by atoms with van der Waals surface area (Å²) in [5.74, 6) is -1.40. The molecule has 0 spiro atoms. The first-order valence-corrected chi connectivity index (χ1v) is 5.48. The molecular formula is C9H6N4O3S. The zero-order chi connectivity index (χ0) is 12.0. The molecule has 0 atom stereocenters. The van der Waals surface area contributed by atoms with E-state index in [0.717, 1.165) is 9.84 Å². The van der Waals surface area contributed by atoms with Crippen molar-refractivity contribution >= 4 is 22.3 Å². The van der Waals surface area contributed by atoms with E-state index in [1.165, 1.54) is 11.3 Å². The van der Waals surface area contributed by atoms with Gasteiger partial charge in [-0.15, -0.1) is 11.3 Å². The molecular weight excluding hydrogens is 244 g/mol. The number of hydrogen-bond donors (Lipinski definition) is 1. The van der Waals surface area contributed by atoms with Crippen molar-refractivity contribution in [3.05, 3.63) is 23.2 Å². The van der Waals surface area contributed by atoms with Gasteiger partial charge in [-0.05, 0) is 6.92 Å². The van der Waals surface area contributed by atoms with Gasteiger partial charge in [0, 0.05) is 17.3 Å². The number of hydrogen-bond acceptors (Lipinski definition) is 6. The minimum Gasteiger partial charge on any atom is -0.474 e. The summed E-state index contributed by atoms with van der Waals surface area (Å²) in [4.78, 5) is 20.4. The number of aryl methyl sites for hydroxylation is 1. The monoisotopic (exact) mass is 250 g/mol. The molecule has 8 heteroatoms. The maximum atomic E-state index is 10.7. The molecule has 0 radical (unpaired) electrons. The van der Waals surface area contributed by atoms with Crippen LogP contribution in [-0.4, -0.2) is 30.6 Å². The summed E-state index contributed by atoms with van der Waals surface area (Å²) < 4.78 is 6.44. The van der Waals surface area contributed by atoms with Crippen LogP contribution in [0.25, 0.3) is 16.5 Å². The number of imidazole rings is 1. The van der Waals surface area contributed by atoms with Gasteiger partial charge in [0.1, 0.15) is 5.69 Å². The third-order valence-corrected chi connectivity index (χ3v) is 3.23. The molecule has 0 amide bonds. The van der Waals surface area contributed by atoms with Gasteiger partial charge in [-0.3, -0.25) is 4.40 Å². The van der Waals surface area contributed by atoms with Crippen LogP contribution in [0, 0.1) is 6.92 Å². The minimum atomic E-state index is -1.24. The number of thiazole rings is 1. The maximum Gasteiger partial charge on any atom is 0.394 e. The molecule has 0 unspecified atom stereocenters. The van der Waals surface area contributed by atoms with Crippen molar-refractivity contribution in [3.8, 4) is 11.5 Å². The molecule has 0 fully saturated rings. The van der Waals surface area contributed by atoms with Crippen molar-refractivity contribution in [3.63, 3.8) is 0 Å². The van der Waals surface area contributed by atoms with Gasteiger partial charge >= 0.3 is 11.9 Å². The Morgan fingerprint density at radius 2 is 2.41 bits per heavy atom. The van der Waals surface area contributed by atoms with Crippen LogP contribution in [0.1, 0.15) is 15.6 Å². The second kappa shape index (κ2) is 3.39. The Kier molecular flexibility index (Phi) is 1.99. The lowest BCUT2D eigenvalue weighted by atomic mass is 10.3. The summed E-state index contributed by atoms with van der Waals surface area (Å²) in [5.41, 5.74) is 0.707. The fraction of sp³-hybridized carbons (Fsp3) is 0.111. The lowest BCUT2D eigenvalue weighted by molar-refractivity contribution is 0.0643. The quantitative estimate of drug-likeness (QED) is 0.739. The SMILES string of the molecule is Cc1sc2nccn2c1-c1noc(C(=O)O)n1. The molecule has 3 aromatic rings. The fourth-order valence-electron chi connectivity index (χ4n) is 1.56. The second-order valence-corrected chi connectivity index (χ2v) is 4.50. The van der Waals surface area contributed by atoms with Crippen LogP contribution in [0.4, 0.5) is 0 Å². The fourth-order valence-corrected chi connectivity index (χ4v) is 2.49. The van der Waals surface area contributed by atoms with E-state index in [2.05, 4.69) is 19.6 Å². The molecule has 0 aliphatic rings. The topological polar surface area (TPSA) is 93.5 Å². The van der Waals surface area contributed by atoms with Crippen LogP contribution < -0.4 is 0 Å². The summed E-state index contributed by atoms with van der Waals surface area (Å²) >= 11 is 1.48. The smallest absolute Gasteiger partial charge is 0.394 e. The number of carboxylic acids is 1. The third-order valence-electron chi connectivity index (χ3n) is 2.25. The highest BCUT2D eigenvalue weighted by Gasteiger charge is 2.19. The van der Waals surface area contributed by atoms with Crippen LogP contribution in [0.5, 0.6) is 0 Å². The van der Waals surface area contributed by atoms with E-state index >= 15 is 0 Å². The van der Waals surface area contributed by atoms with E-state index in [1.807, 2.05) is 6.92 Å². The number of fused-ring (bicyclic) bond motifs is 1. The van der Waals surface area contributed by atoms with Crippen molar-refractivity contribution in [2.75, 3.05) is 0 Å². The summed E-state index contributed by atoms with van der Waals surface area (Å²) in [6.45, 7) is 1.89. The number of rotatable bonds is 2. The van der Waals surface area contributed by atoms with Crippen molar-refractivity contribution in [1.29, 1.82) is 0 Å². The summed E-state index contributed by atoms with van der Waals surface area (Å²) in [6.07, 6.45) is 3.43. The molecule has 0 aliphatic heterocycles. The van der Waals surface area contributed by atoms with Crippen LogP contribution in [0.2, 0.25) is 0 Å². The number of carbonyl (C=O) groups is 1. The number of aromatic nitrogens is 4. The molecule has 0 bridgehead atoms. The lowest BCUT2D eigenvalue weighted by Gasteiger charge is -1.92. The molecule has 7 nitrogen and oxygen atoms in total. The Bertz CT molecular complexity index is 711. The Morgan fingerprint density at radius 3 is 3.12 bits per heavy atom. The van der Waals surface area contributed by atoms with Crippen molar-refractivity contribution in [1.82, 2.24) is 19.5 Å². The van der Waals surface area contributed by atoms with E-state index in [9.17, 15) is 4.79 Å². The molecule has 86 valence electrons. The van der Waals surface area contributed by atoms with Crippen molar-refractivity contribution in [2.45, 2.75) is 6.92 Å². The van der Waals surface area contributed by atoms with E-state index in [4.69, 9.17) is 5.11 Å². The van der Waals surface area contributed by atoms with Gasteiger partial charge in [0.15, 0.2) is 4.96 Å². The van der Waals surface area contributed by atoms with Gasteiger partial charge in [-0.25, -0.2) is 9.78 Å². The van der Waals surface area contributed by atoms with Gasteiger partial charge in [-0.2, -0.15) is 4.98 Å². The summed E-state index contributed by atoms with van der Waals surface area (Å²) in [7, 11) is 0. The van der Waals surface area contributed by atoms with E-state index in [1.54, 1.807) is 16.8 Å². The number of aromatic carboxylic acids is 1. The highest BCUT2D eigenvalue weighted by molar-refractivity contribution is 7.17. The molecule has 3 rings (SSSR count). The second-order valence-electron chi connectivity index (χ2n) is 3.31. The third kappa shape index (κ3) is 1.41. The largest absolute Gasteiger partial charge is 0.474 e. The molecule has 0 saturated carbocycles. The highest BCUT2D eigenvalue weighted by atomic mass is 32.1. The van der Waals surface area contributed by atoms with Crippen LogP contribution in [-0.2, 0) is 0 Å². The molecule has 0 saturated heterocycles. The molecule has 3 aromatic heterocycles. The van der Waals surface area contributed by atoms with Gasteiger partial charge in [0.2, 0.25) is 5.82 Å². The van der Waals surface area contributed by atoms with Crippen molar-refractivity contribution in [2.24, 2.45) is 0 Å². The van der Waals surface area contributed by atoms with Crippen LogP contribution >= 0.6 is 11.3 Å². The Balaban J connectivity index is 2.22. The standard InChI is InChI=1S/C9H6N4O3S/c1-4-5(13-3-2-10-9(13)17-4)6-11-7(8(14)15)16-12-6/h2-3H,1H3,(H,14,15). The lowest BCUT2D eigenvalue weighted by Crippen LogP contribution is -1.96. The van der Waals surface area contributed by atoms with Gasteiger partial charge in [0.25, 0.3) is 0 Å². The molecule has 1 N–H and O–H groups in total. The van der Waals surface area contributed by atoms with E-state index in [-0.39, 0.29) is 5.82 Å². The highest BCUT2D eigenvalue weighted by Crippen LogP contribution is 2.28. The van der Waals surface area contributed by atoms with Gasteiger partial charge in [0.05, 0.1) is 0 Å². The average Bonchev–Trinajstić information content (AvgIpc) is 2.91. The first-order valence-electron chi connectivity index (χ1n) is 4.66. The maximum absolute atomic E-state index is 10.7. The van der Waals surface area contributed by atoms with Gasteiger partial charge in [-0.1, -0.05) is 5.16 Å². The zero-order valence-corrected chi connectivity index (χ0v) is 9.43. The first-order chi connectivity index (χ1) is 8.16. The first kappa shape index (κ1) is 9.97. The Hall–Kier alpha value is -2.22. The van der Waals surface area contributed by atoms with E-state index in [0.29, 0.717) is 5.69 Å². The van der Waals surface area contributed by atoms with E-state index < -0.39 is 11.9 Å². The minimum absolute atomic E-state index is 0.254. The number of carboxylic acid groups (broad SMARTS) is 1. The Morgan fingerprint density at radius 1 is 1.59 bits per heavy atom. The number of nitrogens with zero attached hydrogens (tertiary/aromatic N) is 4. The zero-order valence-electron chi connectivity index (χ0n) is 8.62. The van der Waals surface area contributed by atoms with Gasteiger partial charge < -0.3 is 9.63 Å². The predicted octanol–water partition coefficient (Wildman–Crippen LogP) is 1.45. The Labute approximate surface area is 98.3 Å². The van der Waals surface area contributed by atoms with Crippen LogP contribution in [0.15, 0.2) is 16.9 Å². The average molecular weight is 250 g/mol. The molecule has 0 aliphatic carbocycles. The molecule has 3 heterocycles.